The molecule has 0 aromatic heterocycles. The van der Waals surface area contributed by atoms with E-state index in [1.165, 1.54) is 0 Å². The van der Waals surface area contributed by atoms with Crippen molar-refractivity contribution in [1.82, 2.24) is 4.90 Å². The Morgan fingerprint density at radius 3 is 2.64 bits per heavy atom. The van der Waals surface area contributed by atoms with Crippen LogP contribution < -0.4 is 0 Å². The lowest BCUT2D eigenvalue weighted by atomic mass is 10.1. The number of ether oxygens (including phenoxy) is 1. The molecule has 0 N–H and O–H groups in total. The van der Waals surface area contributed by atoms with Crippen molar-refractivity contribution in [3.05, 3.63) is 36.6 Å². The van der Waals surface area contributed by atoms with Gasteiger partial charge in [-0.3, -0.25) is 4.79 Å². The van der Waals surface area contributed by atoms with Gasteiger partial charge in [0.2, 0.25) is 6.41 Å². The van der Waals surface area contributed by atoms with E-state index in [0.29, 0.717) is 12.3 Å². The number of rotatable bonds is 7. The molecule has 0 radical (unpaired) electrons. The molecule has 0 fully saturated rings. The van der Waals surface area contributed by atoms with Crippen molar-refractivity contribution < 1.29 is 9.53 Å². The molecule has 78 valence electrons. The van der Waals surface area contributed by atoms with Crippen molar-refractivity contribution in [1.29, 1.82) is 0 Å². The van der Waals surface area contributed by atoms with Crippen LogP contribution in [0.2, 0.25) is 0 Å². The van der Waals surface area contributed by atoms with Gasteiger partial charge in [0.25, 0.3) is 0 Å². The topological polar surface area (TPSA) is 29.5 Å². The summed E-state index contributed by atoms with van der Waals surface area (Å²) in [6, 6.07) is 0. The average Bonchev–Trinajstić information content (AvgIpc) is 2.22. The molecule has 0 saturated heterocycles. The highest BCUT2D eigenvalue weighted by Crippen LogP contribution is 2.07. The minimum atomic E-state index is 0.591. The Balaban J connectivity index is 4.15. The Morgan fingerprint density at radius 1 is 1.57 bits per heavy atom. The number of methoxy groups -OCH3 is 1. The van der Waals surface area contributed by atoms with Crippen LogP contribution in [0.4, 0.5) is 0 Å². The molecule has 0 aromatic rings. The fourth-order valence-electron chi connectivity index (χ4n) is 0.857. The monoisotopic (exact) mass is 195 g/mol. The first-order chi connectivity index (χ1) is 6.63. The highest BCUT2D eigenvalue weighted by atomic mass is 16.5. The molecule has 0 unspecified atom stereocenters. The molecule has 0 aromatic carbocycles. The summed E-state index contributed by atoms with van der Waals surface area (Å²) in [7, 11) is 3.30. The molecule has 0 saturated carbocycles. The van der Waals surface area contributed by atoms with Gasteiger partial charge >= 0.3 is 0 Å². The van der Waals surface area contributed by atoms with Gasteiger partial charge in [0.1, 0.15) is 5.76 Å². The van der Waals surface area contributed by atoms with E-state index >= 15 is 0 Å². The highest BCUT2D eigenvalue weighted by Gasteiger charge is 1.97. The summed E-state index contributed by atoms with van der Waals surface area (Å²) < 4.78 is 4.91. The molecule has 0 rings (SSSR count). The van der Waals surface area contributed by atoms with Crippen molar-refractivity contribution >= 4 is 6.41 Å². The minimum absolute atomic E-state index is 0.591. The van der Waals surface area contributed by atoms with E-state index in [4.69, 9.17) is 4.74 Å². The average molecular weight is 195 g/mol. The molecule has 1 amide bonds. The van der Waals surface area contributed by atoms with Crippen LogP contribution in [0.5, 0.6) is 0 Å². The number of amides is 1. The summed E-state index contributed by atoms with van der Waals surface area (Å²) in [6.45, 7) is 8.02. The van der Waals surface area contributed by atoms with Crippen molar-refractivity contribution in [2.45, 2.75) is 6.42 Å². The third-order valence-electron chi connectivity index (χ3n) is 1.80. The molecule has 0 atom stereocenters. The molecular formula is C11H17NO2. The first-order valence-electron chi connectivity index (χ1n) is 4.35. The van der Waals surface area contributed by atoms with Crippen molar-refractivity contribution in [3.63, 3.8) is 0 Å². The predicted molar refractivity (Wildman–Crippen MR) is 57.7 cm³/mol. The van der Waals surface area contributed by atoms with Crippen LogP contribution in [-0.2, 0) is 9.53 Å². The van der Waals surface area contributed by atoms with Crippen LogP contribution >= 0.6 is 0 Å². The maximum absolute atomic E-state index is 10.3. The predicted octanol–water partition coefficient (Wildman–Crippen LogP) is 1.74. The maximum atomic E-state index is 10.3. The third-order valence-corrected chi connectivity index (χ3v) is 1.80. The third kappa shape index (κ3) is 5.19. The van der Waals surface area contributed by atoms with Crippen LogP contribution in [-0.4, -0.2) is 32.0 Å². The summed E-state index contributed by atoms with van der Waals surface area (Å²) >= 11 is 0. The van der Waals surface area contributed by atoms with Gasteiger partial charge in [-0.15, -0.1) is 0 Å². The molecule has 0 heterocycles. The lowest BCUT2D eigenvalue weighted by Crippen LogP contribution is -2.17. The maximum Gasteiger partial charge on any atom is 0.209 e. The molecule has 0 aliphatic heterocycles. The first-order valence-corrected chi connectivity index (χ1v) is 4.35. The van der Waals surface area contributed by atoms with E-state index in [2.05, 4.69) is 13.2 Å². The molecular weight excluding hydrogens is 178 g/mol. The Kier molecular flexibility index (Phi) is 6.20. The number of allylic oxidation sites excluding steroid dienone is 2. The number of carbonyl (C=O) groups excluding carboxylic acids is 1. The Labute approximate surface area is 85.4 Å². The highest BCUT2D eigenvalue weighted by molar-refractivity contribution is 5.46. The van der Waals surface area contributed by atoms with Gasteiger partial charge in [0.05, 0.1) is 7.11 Å². The van der Waals surface area contributed by atoms with E-state index in [9.17, 15) is 4.79 Å². The van der Waals surface area contributed by atoms with E-state index in [1.54, 1.807) is 25.1 Å². The lowest BCUT2D eigenvalue weighted by molar-refractivity contribution is -0.116. The van der Waals surface area contributed by atoms with E-state index in [1.807, 2.05) is 6.08 Å². The van der Waals surface area contributed by atoms with Crippen LogP contribution in [0.25, 0.3) is 0 Å². The van der Waals surface area contributed by atoms with Crippen LogP contribution in [0.15, 0.2) is 36.6 Å². The number of hydrogen-bond acceptors (Lipinski definition) is 2. The lowest BCUT2D eigenvalue weighted by Gasteiger charge is -2.10. The van der Waals surface area contributed by atoms with Crippen molar-refractivity contribution in [3.8, 4) is 0 Å². The molecule has 0 spiro atoms. The number of hydrogen-bond donors (Lipinski definition) is 0. The van der Waals surface area contributed by atoms with E-state index in [0.717, 1.165) is 18.4 Å². The fourth-order valence-corrected chi connectivity index (χ4v) is 0.857. The summed E-state index contributed by atoms with van der Waals surface area (Å²) in [4.78, 5) is 11.9. The Morgan fingerprint density at radius 2 is 2.21 bits per heavy atom. The summed E-state index contributed by atoms with van der Waals surface area (Å²) in [5, 5.41) is 0. The standard InChI is InChI=1S/C11H17NO2/c1-5-11(8-10(2)14-4)6-7-12(3)9-13/h5,8-9H,1-2,6-7H2,3-4H3/b11-8+. The van der Waals surface area contributed by atoms with Gasteiger partial charge in [-0.25, -0.2) is 0 Å². The zero-order valence-corrected chi connectivity index (χ0v) is 8.82. The van der Waals surface area contributed by atoms with Crippen molar-refractivity contribution in [2.24, 2.45) is 0 Å². The molecule has 0 bridgehead atoms. The van der Waals surface area contributed by atoms with Crippen molar-refractivity contribution in [2.75, 3.05) is 20.7 Å². The van der Waals surface area contributed by atoms with Gasteiger partial charge in [-0.2, -0.15) is 0 Å². The SMILES string of the molecule is C=C/C(=C\C(=C)OC)CCN(C)C=O. The van der Waals surface area contributed by atoms with Gasteiger partial charge in [0.15, 0.2) is 0 Å². The molecule has 0 aliphatic rings. The van der Waals surface area contributed by atoms with Gasteiger partial charge in [-0.05, 0) is 18.1 Å². The summed E-state index contributed by atoms with van der Waals surface area (Å²) in [6.07, 6.45) is 5.10. The minimum Gasteiger partial charge on any atom is -0.497 e. The largest absolute Gasteiger partial charge is 0.497 e. The number of nitrogens with zero attached hydrogens (tertiary/aromatic N) is 1. The smallest absolute Gasteiger partial charge is 0.209 e. The zero-order chi connectivity index (χ0) is 11.0. The Bertz CT molecular complexity index is 244. The normalized spacial score (nSPS) is 10.6. The summed E-state index contributed by atoms with van der Waals surface area (Å²) in [5.41, 5.74) is 1.01. The second-order valence-electron chi connectivity index (χ2n) is 2.93. The second kappa shape index (κ2) is 6.95. The molecule has 3 nitrogen and oxygen atoms in total. The number of carbonyl (C=O) groups is 1. The van der Waals surface area contributed by atoms with Gasteiger partial charge < -0.3 is 9.64 Å². The van der Waals surface area contributed by atoms with Gasteiger partial charge in [0, 0.05) is 13.6 Å². The van der Waals surface area contributed by atoms with Crippen LogP contribution in [0.3, 0.4) is 0 Å². The second-order valence-corrected chi connectivity index (χ2v) is 2.93. The molecule has 0 aliphatic carbocycles. The zero-order valence-electron chi connectivity index (χ0n) is 8.82. The Hall–Kier alpha value is -1.51. The molecule has 14 heavy (non-hydrogen) atoms. The van der Waals surface area contributed by atoms with Gasteiger partial charge in [-0.1, -0.05) is 19.2 Å². The molecule has 3 heteroatoms. The van der Waals surface area contributed by atoms with Crippen LogP contribution in [0.1, 0.15) is 6.42 Å². The van der Waals surface area contributed by atoms with E-state index in [-0.39, 0.29) is 0 Å². The van der Waals surface area contributed by atoms with E-state index < -0.39 is 0 Å². The quantitative estimate of drug-likeness (QED) is 0.352. The first kappa shape index (κ1) is 12.5. The summed E-state index contributed by atoms with van der Waals surface area (Å²) in [5.74, 6) is 0.591. The fraction of sp³-hybridized carbons (Fsp3) is 0.364. The van der Waals surface area contributed by atoms with Crippen LogP contribution in [0, 0.1) is 0 Å².